The van der Waals surface area contributed by atoms with E-state index in [0.717, 1.165) is 12.0 Å². The van der Waals surface area contributed by atoms with E-state index in [-0.39, 0.29) is 29.9 Å². The number of rotatable bonds is 6. The van der Waals surface area contributed by atoms with Crippen LogP contribution in [0.5, 0.6) is 0 Å². The van der Waals surface area contributed by atoms with Gasteiger partial charge < -0.3 is 15.4 Å². The number of carbonyl (C=O) groups excluding carboxylic acids is 2. The van der Waals surface area contributed by atoms with Crippen LogP contribution in [0.15, 0.2) is 60.7 Å². The zero-order chi connectivity index (χ0) is 18.4. The SMILES string of the molecule is COC(=O)[C@@H]1C[C@H](CCNC(=O)c2ccccc2)N[C@H]1c1ccccc1. The predicted octanol–water partition coefficient (Wildman–Crippen LogP) is 2.70. The molecule has 136 valence electrons. The molecule has 26 heavy (non-hydrogen) atoms. The minimum atomic E-state index is -0.211. The largest absolute Gasteiger partial charge is 0.469 e. The standard InChI is InChI=1S/C21H24N2O3/c1-26-21(25)18-14-17(23-19(18)15-8-4-2-5-9-15)12-13-22-20(24)16-10-6-3-7-11-16/h2-11,17-19,23H,12-14H2,1H3,(H,22,24)/t17-,18+,19-/m0/s1. The molecule has 5 nitrogen and oxygen atoms in total. The van der Waals surface area contributed by atoms with Gasteiger partial charge in [0.25, 0.3) is 5.91 Å². The van der Waals surface area contributed by atoms with Gasteiger partial charge in [-0.25, -0.2) is 0 Å². The summed E-state index contributed by atoms with van der Waals surface area (Å²) >= 11 is 0. The van der Waals surface area contributed by atoms with Gasteiger partial charge in [0.15, 0.2) is 0 Å². The van der Waals surface area contributed by atoms with Crippen molar-refractivity contribution in [3.63, 3.8) is 0 Å². The lowest BCUT2D eigenvalue weighted by Gasteiger charge is -2.18. The van der Waals surface area contributed by atoms with E-state index in [0.29, 0.717) is 18.5 Å². The number of carbonyl (C=O) groups is 2. The Hall–Kier alpha value is -2.66. The third-order valence-corrected chi connectivity index (χ3v) is 4.83. The van der Waals surface area contributed by atoms with E-state index in [1.165, 1.54) is 7.11 Å². The van der Waals surface area contributed by atoms with Crippen molar-refractivity contribution in [2.24, 2.45) is 5.92 Å². The van der Waals surface area contributed by atoms with Crippen LogP contribution in [0.25, 0.3) is 0 Å². The Balaban J connectivity index is 1.57. The first kappa shape index (κ1) is 18.1. The van der Waals surface area contributed by atoms with Crippen LogP contribution < -0.4 is 10.6 Å². The molecule has 1 aliphatic rings. The molecule has 1 aliphatic heterocycles. The molecule has 2 N–H and O–H groups in total. The number of hydrogen-bond acceptors (Lipinski definition) is 4. The van der Waals surface area contributed by atoms with Crippen molar-refractivity contribution in [3.05, 3.63) is 71.8 Å². The molecular formula is C21H24N2O3. The average Bonchev–Trinajstić information content (AvgIpc) is 3.13. The van der Waals surface area contributed by atoms with Gasteiger partial charge in [-0.05, 0) is 30.5 Å². The molecule has 0 bridgehead atoms. The fraction of sp³-hybridized carbons (Fsp3) is 0.333. The smallest absolute Gasteiger partial charge is 0.310 e. The molecule has 1 amide bonds. The first-order chi connectivity index (χ1) is 12.7. The molecule has 3 atom stereocenters. The molecule has 2 aromatic rings. The number of hydrogen-bond donors (Lipinski definition) is 2. The Kier molecular flexibility index (Phi) is 6.02. The maximum Gasteiger partial charge on any atom is 0.310 e. The number of benzene rings is 2. The minimum absolute atomic E-state index is 0.0570. The second-order valence-electron chi connectivity index (χ2n) is 6.53. The summed E-state index contributed by atoms with van der Waals surface area (Å²) in [5.41, 5.74) is 1.74. The number of amides is 1. The van der Waals surface area contributed by atoms with E-state index in [1.54, 1.807) is 12.1 Å². The van der Waals surface area contributed by atoms with E-state index in [2.05, 4.69) is 10.6 Å². The molecule has 5 heteroatoms. The van der Waals surface area contributed by atoms with Gasteiger partial charge in [0.05, 0.1) is 13.0 Å². The second-order valence-corrected chi connectivity index (χ2v) is 6.53. The Morgan fingerprint density at radius 3 is 2.38 bits per heavy atom. The normalized spacial score (nSPS) is 22.0. The zero-order valence-electron chi connectivity index (χ0n) is 14.9. The lowest BCUT2D eigenvalue weighted by atomic mass is 9.93. The molecule has 3 rings (SSSR count). The number of ether oxygens (including phenoxy) is 1. The molecule has 1 saturated heterocycles. The Morgan fingerprint density at radius 1 is 1.08 bits per heavy atom. The third kappa shape index (κ3) is 4.29. The average molecular weight is 352 g/mol. The zero-order valence-corrected chi connectivity index (χ0v) is 14.9. The molecular weight excluding hydrogens is 328 g/mol. The highest BCUT2D eigenvalue weighted by atomic mass is 16.5. The summed E-state index contributed by atoms with van der Waals surface area (Å²) in [6.45, 7) is 0.556. The van der Waals surface area contributed by atoms with Crippen LogP contribution in [-0.4, -0.2) is 31.6 Å². The Labute approximate surface area is 153 Å². The summed E-state index contributed by atoms with van der Waals surface area (Å²) in [5.74, 6) is -0.480. The van der Waals surface area contributed by atoms with Crippen molar-refractivity contribution < 1.29 is 14.3 Å². The maximum absolute atomic E-state index is 12.2. The van der Waals surface area contributed by atoms with Crippen molar-refractivity contribution in [1.82, 2.24) is 10.6 Å². The van der Waals surface area contributed by atoms with Gasteiger partial charge in [-0.1, -0.05) is 48.5 Å². The molecule has 0 aromatic heterocycles. The fourth-order valence-electron chi connectivity index (χ4n) is 3.51. The van der Waals surface area contributed by atoms with Crippen LogP contribution in [0.4, 0.5) is 0 Å². The Bertz CT molecular complexity index is 733. The fourth-order valence-corrected chi connectivity index (χ4v) is 3.51. The first-order valence-corrected chi connectivity index (χ1v) is 8.91. The van der Waals surface area contributed by atoms with Crippen molar-refractivity contribution in [3.8, 4) is 0 Å². The van der Waals surface area contributed by atoms with Crippen LogP contribution in [0, 0.1) is 5.92 Å². The van der Waals surface area contributed by atoms with Crippen LogP contribution in [0.1, 0.15) is 34.8 Å². The van der Waals surface area contributed by atoms with Crippen LogP contribution >= 0.6 is 0 Å². The van der Waals surface area contributed by atoms with E-state index < -0.39 is 0 Å². The molecule has 2 aromatic carbocycles. The molecule has 0 unspecified atom stereocenters. The number of esters is 1. The van der Waals surface area contributed by atoms with Gasteiger partial charge in [0, 0.05) is 24.2 Å². The number of nitrogens with one attached hydrogen (secondary N) is 2. The molecule has 1 heterocycles. The lowest BCUT2D eigenvalue weighted by molar-refractivity contribution is -0.145. The van der Waals surface area contributed by atoms with Crippen molar-refractivity contribution >= 4 is 11.9 Å². The van der Waals surface area contributed by atoms with Gasteiger partial charge in [-0.2, -0.15) is 0 Å². The van der Waals surface area contributed by atoms with Gasteiger partial charge in [0.2, 0.25) is 0 Å². The third-order valence-electron chi connectivity index (χ3n) is 4.83. The number of methoxy groups -OCH3 is 1. The van der Waals surface area contributed by atoms with Crippen LogP contribution in [0.2, 0.25) is 0 Å². The molecule has 0 aliphatic carbocycles. The lowest BCUT2D eigenvalue weighted by Crippen LogP contribution is -2.31. The summed E-state index contributed by atoms with van der Waals surface area (Å²) in [6, 6.07) is 19.2. The molecule has 0 saturated carbocycles. The predicted molar refractivity (Wildman–Crippen MR) is 99.6 cm³/mol. The van der Waals surface area contributed by atoms with Gasteiger partial charge >= 0.3 is 5.97 Å². The summed E-state index contributed by atoms with van der Waals surface area (Å²) in [5, 5.41) is 6.48. The van der Waals surface area contributed by atoms with Crippen molar-refractivity contribution in [2.75, 3.05) is 13.7 Å². The van der Waals surface area contributed by atoms with E-state index >= 15 is 0 Å². The highest BCUT2D eigenvalue weighted by Gasteiger charge is 2.39. The first-order valence-electron chi connectivity index (χ1n) is 8.91. The molecule has 0 spiro atoms. The van der Waals surface area contributed by atoms with E-state index in [4.69, 9.17) is 4.74 Å². The molecule has 0 radical (unpaired) electrons. The van der Waals surface area contributed by atoms with Gasteiger partial charge in [0.1, 0.15) is 0 Å². The van der Waals surface area contributed by atoms with Gasteiger partial charge in [-0.15, -0.1) is 0 Å². The monoisotopic (exact) mass is 352 g/mol. The highest BCUT2D eigenvalue weighted by molar-refractivity contribution is 5.94. The second kappa shape index (κ2) is 8.63. The highest BCUT2D eigenvalue weighted by Crippen LogP contribution is 2.34. The Morgan fingerprint density at radius 2 is 1.73 bits per heavy atom. The maximum atomic E-state index is 12.2. The summed E-state index contributed by atoms with van der Waals surface area (Å²) in [6.07, 6.45) is 1.46. The van der Waals surface area contributed by atoms with Crippen molar-refractivity contribution in [2.45, 2.75) is 24.9 Å². The summed E-state index contributed by atoms with van der Waals surface area (Å²) in [7, 11) is 1.43. The molecule has 1 fully saturated rings. The summed E-state index contributed by atoms with van der Waals surface area (Å²) < 4.78 is 4.99. The topological polar surface area (TPSA) is 67.4 Å². The summed E-state index contributed by atoms with van der Waals surface area (Å²) in [4.78, 5) is 24.3. The minimum Gasteiger partial charge on any atom is -0.469 e. The van der Waals surface area contributed by atoms with E-state index in [9.17, 15) is 9.59 Å². The van der Waals surface area contributed by atoms with Gasteiger partial charge in [-0.3, -0.25) is 9.59 Å². The van der Waals surface area contributed by atoms with Crippen LogP contribution in [0.3, 0.4) is 0 Å². The quantitative estimate of drug-likeness (QED) is 0.785. The van der Waals surface area contributed by atoms with E-state index in [1.807, 2.05) is 48.5 Å². The van der Waals surface area contributed by atoms with Crippen molar-refractivity contribution in [1.29, 1.82) is 0 Å². The van der Waals surface area contributed by atoms with Crippen LogP contribution in [-0.2, 0) is 9.53 Å².